The maximum Gasteiger partial charge on any atom is 0.330 e. The Morgan fingerprint density at radius 2 is 1.27 bits per heavy atom. The van der Waals surface area contributed by atoms with Gasteiger partial charge < -0.3 is 48.8 Å². The van der Waals surface area contributed by atoms with Gasteiger partial charge in [-0.3, -0.25) is 0 Å². The van der Waals surface area contributed by atoms with Gasteiger partial charge in [0.05, 0.1) is 27.9 Å². The van der Waals surface area contributed by atoms with E-state index in [-0.39, 0.29) is 42.0 Å². The number of rotatable bonds is 17. The smallest absolute Gasteiger partial charge is 0.330 e. The molecule has 2 atom stereocenters. The standard InChI is InChI=1S/C39H40O12/c1-46-33-21-27(8-15-30(33)41)11-19-37(43)49-20-4-5-26-9-17-32(35(22-26)48-3)51-36(39(45)28-12-16-31(42)34(23-28)47-2)24-50-38(44)18-10-25-6-13-29(40)14-7-25/h6-19,21-23,36,39-42,45H,4-5,20,24H2,1-3H3. The Balaban J connectivity index is 1.39. The summed E-state index contributed by atoms with van der Waals surface area (Å²) in [6.07, 6.45) is 4.23. The highest BCUT2D eigenvalue weighted by Crippen LogP contribution is 2.34. The normalized spacial score (nSPS) is 12.3. The highest BCUT2D eigenvalue weighted by Gasteiger charge is 2.27. The zero-order valence-corrected chi connectivity index (χ0v) is 28.4. The van der Waals surface area contributed by atoms with E-state index < -0.39 is 24.1 Å². The van der Waals surface area contributed by atoms with Gasteiger partial charge in [0.15, 0.2) is 40.6 Å². The first kappa shape index (κ1) is 37.7. The molecule has 0 bridgehead atoms. The first-order chi connectivity index (χ1) is 24.6. The molecule has 0 aliphatic heterocycles. The number of carbonyl (C=O) groups is 2. The number of benzene rings is 4. The maximum atomic E-state index is 12.6. The Kier molecular flexibility index (Phi) is 13.7. The highest BCUT2D eigenvalue weighted by atomic mass is 16.6. The second kappa shape index (κ2) is 18.6. The number of aromatic hydroxyl groups is 3. The number of hydrogen-bond donors (Lipinski definition) is 4. The van der Waals surface area contributed by atoms with E-state index in [0.717, 1.165) is 5.56 Å². The SMILES string of the molecule is COc1cc(C=CC(=O)OCCCc2ccc(OC(COC(=O)C=Cc3ccc(O)cc3)C(O)c3ccc(O)c(OC)c3)c(OC)c2)ccc1O. The number of ether oxygens (including phenoxy) is 6. The van der Waals surface area contributed by atoms with Gasteiger partial charge in [0.1, 0.15) is 18.5 Å². The monoisotopic (exact) mass is 700 g/mol. The molecule has 4 N–H and O–H groups in total. The number of esters is 2. The van der Waals surface area contributed by atoms with Gasteiger partial charge in [-0.05, 0) is 95.8 Å². The quantitative estimate of drug-likeness (QED) is 0.0598. The molecule has 2 unspecified atom stereocenters. The van der Waals surface area contributed by atoms with E-state index in [1.807, 2.05) is 0 Å². The highest BCUT2D eigenvalue weighted by molar-refractivity contribution is 5.87. The van der Waals surface area contributed by atoms with Crippen molar-refractivity contribution in [1.82, 2.24) is 0 Å². The second-order valence-electron chi connectivity index (χ2n) is 11.1. The average Bonchev–Trinajstić information content (AvgIpc) is 3.14. The summed E-state index contributed by atoms with van der Waals surface area (Å²) in [5.41, 5.74) is 2.54. The number of phenols is 3. The van der Waals surface area contributed by atoms with E-state index in [2.05, 4.69) is 0 Å². The molecule has 0 radical (unpaired) electrons. The summed E-state index contributed by atoms with van der Waals surface area (Å²) < 4.78 is 32.8. The molecule has 0 fully saturated rings. The summed E-state index contributed by atoms with van der Waals surface area (Å²) >= 11 is 0. The summed E-state index contributed by atoms with van der Waals surface area (Å²) in [6.45, 7) is -0.187. The van der Waals surface area contributed by atoms with E-state index in [9.17, 15) is 30.0 Å². The van der Waals surface area contributed by atoms with E-state index in [0.29, 0.717) is 41.0 Å². The number of aliphatic hydroxyl groups is 1. The van der Waals surface area contributed by atoms with Crippen LogP contribution in [0.15, 0.2) is 91.0 Å². The van der Waals surface area contributed by atoms with Gasteiger partial charge in [0, 0.05) is 12.2 Å². The maximum absolute atomic E-state index is 12.6. The molecule has 12 nitrogen and oxygen atoms in total. The molecule has 0 aromatic heterocycles. The van der Waals surface area contributed by atoms with Crippen molar-refractivity contribution in [3.63, 3.8) is 0 Å². The summed E-state index contributed by atoms with van der Waals surface area (Å²) in [6, 6.07) is 20.5. The lowest BCUT2D eigenvalue weighted by Crippen LogP contribution is -2.31. The molecule has 0 aliphatic rings. The summed E-state index contributed by atoms with van der Waals surface area (Å²) in [4.78, 5) is 24.8. The van der Waals surface area contributed by atoms with E-state index in [1.54, 1.807) is 48.5 Å². The summed E-state index contributed by atoms with van der Waals surface area (Å²) in [5, 5.41) is 40.6. The Hall–Kier alpha value is -6.14. The summed E-state index contributed by atoms with van der Waals surface area (Å²) in [7, 11) is 4.29. The number of methoxy groups -OCH3 is 3. The van der Waals surface area contributed by atoms with Crippen LogP contribution in [0.2, 0.25) is 0 Å². The third kappa shape index (κ3) is 11.2. The number of aryl methyl sites for hydroxylation is 1. The van der Waals surface area contributed by atoms with E-state index in [4.69, 9.17) is 28.4 Å². The zero-order valence-electron chi connectivity index (χ0n) is 28.4. The molecule has 0 heterocycles. The van der Waals surface area contributed by atoms with Gasteiger partial charge in [-0.15, -0.1) is 0 Å². The molecule has 12 heteroatoms. The van der Waals surface area contributed by atoms with Crippen molar-refractivity contribution in [3.05, 3.63) is 113 Å². The predicted octanol–water partition coefficient (Wildman–Crippen LogP) is 5.76. The van der Waals surface area contributed by atoms with Crippen LogP contribution < -0.4 is 18.9 Å². The topological polar surface area (TPSA) is 170 Å². The van der Waals surface area contributed by atoms with Crippen LogP contribution in [0.25, 0.3) is 12.2 Å². The van der Waals surface area contributed by atoms with Crippen molar-refractivity contribution in [1.29, 1.82) is 0 Å². The average molecular weight is 701 g/mol. The fourth-order valence-corrected chi connectivity index (χ4v) is 4.83. The first-order valence-corrected chi connectivity index (χ1v) is 15.8. The van der Waals surface area contributed by atoms with Crippen molar-refractivity contribution in [3.8, 4) is 40.2 Å². The molecule has 0 spiro atoms. The van der Waals surface area contributed by atoms with Crippen LogP contribution >= 0.6 is 0 Å². The van der Waals surface area contributed by atoms with Crippen LogP contribution in [0.1, 0.15) is 34.8 Å². The second-order valence-corrected chi connectivity index (χ2v) is 11.1. The van der Waals surface area contributed by atoms with Crippen molar-refractivity contribution in [2.45, 2.75) is 25.0 Å². The molecule has 4 aromatic rings. The van der Waals surface area contributed by atoms with Crippen LogP contribution in [0.5, 0.6) is 40.2 Å². The molecule has 51 heavy (non-hydrogen) atoms. The van der Waals surface area contributed by atoms with Gasteiger partial charge >= 0.3 is 11.9 Å². The van der Waals surface area contributed by atoms with E-state index >= 15 is 0 Å². The minimum Gasteiger partial charge on any atom is -0.508 e. The van der Waals surface area contributed by atoms with Gasteiger partial charge in [0.25, 0.3) is 0 Å². The predicted molar refractivity (Wildman–Crippen MR) is 188 cm³/mol. The third-order valence-corrected chi connectivity index (χ3v) is 7.57. The minimum absolute atomic E-state index is 0.00146. The lowest BCUT2D eigenvalue weighted by atomic mass is 10.0. The van der Waals surface area contributed by atoms with Crippen molar-refractivity contribution >= 4 is 24.1 Å². The van der Waals surface area contributed by atoms with Gasteiger partial charge in [-0.1, -0.05) is 30.3 Å². The van der Waals surface area contributed by atoms with Crippen LogP contribution in [0, 0.1) is 0 Å². The number of aliphatic hydroxyl groups excluding tert-OH is 1. The molecular formula is C39H40O12. The van der Waals surface area contributed by atoms with Crippen molar-refractivity contribution in [2.24, 2.45) is 0 Å². The molecule has 0 saturated heterocycles. The molecule has 0 aliphatic carbocycles. The van der Waals surface area contributed by atoms with E-state index in [1.165, 1.54) is 76.0 Å². The number of carbonyl (C=O) groups excluding carboxylic acids is 2. The van der Waals surface area contributed by atoms with Crippen LogP contribution in [-0.4, -0.2) is 73.0 Å². The molecular weight excluding hydrogens is 660 g/mol. The fraction of sp³-hybridized carbons (Fsp3) is 0.231. The summed E-state index contributed by atoms with van der Waals surface area (Å²) in [5.74, 6) is -0.166. The fourth-order valence-electron chi connectivity index (χ4n) is 4.83. The lowest BCUT2D eigenvalue weighted by Gasteiger charge is -2.25. The van der Waals surface area contributed by atoms with Gasteiger partial charge in [-0.25, -0.2) is 9.59 Å². The minimum atomic E-state index is -1.32. The van der Waals surface area contributed by atoms with Crippen molar-refractivity contribution < 1.29 is 58.4 Å². The molecule has 0 amide bonds. The first-order valence-electron chi connectivity index (χ1n) is 15.8. The number of phenolic OH excluding ortho intramolecular Hbond substituents is 3. The Morgan fingerprint density at radius 3 is 1.96 bits per heavy atom. The molecule has 4 rings (SSSR count). The Morgan fingerprint density at radius 1 is 0.667 bits per heavy atom. The lowest BCUT2D eigenvalue weighted by molar-refractivity contribution is -0.142. The van der Waals surface area contributed by atoms with Gasteiger partial charge in [0.2, 0.25) is 0 Å². The number of hydrogen-bond acceptors (Lipinski definition) is 12. The van der Waals surface area contributed by atoms with Crippen LogP contribution in [0.4, 0.5) is 0 Å². The third-order valence-electron chi connectivity index (χ3n) is 7.57. The largest absolute Gasteiger partial charge is 0.508 e. The molecule has 0 saturated carbocycles. The van der Waals surface area contributed by atoms with Gasteiger partial charge in [-0.2, -0.15) is 0 Å². The van der Waals surface area contributed by atoms with Crippen LogP contribution in [0.3, 0.4) is 0 Å². The van der Waals surface area contributed by atoms with Crippen LogP contribution in [-0.2, 0) is 25.5 Å². The molecule has 268 valence electrons. The Labute approximate surface area is 295 Å². The van der Waals surface area contributed by atoms with Crippen molar-refractivity contribution in [2.75, 3.05) is 34.5 Å². The zero-order chi connectivity index (χ0) is 36.8. The Bertz CT molecular complexity index is 1830. The molecule has 4 aromatic carbocycles.